The first-order valence-corrected chi connectivity index (χ1v) is 7.54. The fraction of sp³-hybridized carbons (Fsp3) is 0.647. The van der Waals surface area contributed by atoms with E-state index in [2.05, 4.69) is 19.2 Å². The van der Waals surface area contributed by atoms with Crippen LogP contribution in [0.4, 0.5) is 4.39 Å². The number of rotatable bonds is 5. The van der Waals surface area contributed by atoms with Gasteiger partial charge in [0.2, 0.25) is 0 Å². The van der Waals surface area contributed by atoms with Crippen LogP contribution in [0.3, 0.4) is 0 Å². The maximum absolute atomic E-state index is 13.0. The molecule has 1 N–H and O–H groups in total. The molecule has 2 fully saturated rings. The summed E-state index contributed by atoms with van der Waals surface area (Å²) in [6.45, 7) is 5.53. The average Bonchev–Trinajstić information content (AvgIpc) is 2.99. The van der Waals surface area contributed by atoms with E-state index in [0.717, 1.165) is 24.8 Å². The minimum Gasteiger partial charge on any atom is -0.314 e. The maximum atomic E-state index is 13.0. The first kappa shape index (κ1) is 13.1. The lowest BCUT2D eigenvalue weighted by atomic mass is 9.77. The third-order valence-corrected chi connectivity index (χ3v) is 4.84. The van der Waals surface area contributed by atoms with Gasteiger partial charge in [-0.05, 0) is 60.6 Å². The molecule has 0 saturated heterocycles. The van der Waals surface area contributed by atoms with E-state index in [1.807, 2.05) is 12.1 Å². The van der Waals surface area contributed by atoms with Gasteiger partial charge in [0, 0.05) is 12.6 Å². The highest BCUT2D eigenvalue weighted by atomic mass is 19.1. The van der Waals surface area contributed by atoms with E-state index in [1.165, 1.54) is 24.8 Å². The Morgan fingerprint density at radius 3 is 2.42 bits per heavy atom. The number of nitrogens with one attached hydrogen (secondary N) is 1. The second-order valence-electron chi connectivity index (χ2n) is 7.00. The largest absolute Gasteiger partial charge is 0.314 e. The Bertz CT molecular complexity index is 427. The fourth-order valence-electron chi connectivity index (χ4n) is 3.81. The predicted molar refractivity (Wildman–Crippen MR) is 76.5 cm³/mol. The van der Waals surface area contributed by atoms with Gasteiger partial charge in [-0.2, -0.15) is 0 Å². The van der Waals surface area contributed by atoms with Gasteiger partial charge in [0.05, 0.1) is 0 Å². The van der Waals surface area contributed by atoms with E-state index in [0.29, 0.717) is 11.5 Å². The van der Waals surface area contributed by atoms with Gasteiger partial charge >= 0.3 is 0 Å². The average molecular weight is 261 g/mol. The highest BCUT2D eigenvalue weighted by Gasteiger charge is 2.53. The lowest BCUT2D eigenvalue weighted by Gasteiger charge is -2.32. The van der Waals surface area contributed by atoms with Crippen LogP contribution in [-0.4, -0.2) is 12.6 Å². The molecule has 0 aliphatic heterocycles. The molecule has 1 aromatic rings. The summed E-state index contributed by atoms with van der Waals surface area (Å²) in [6.07, 6.45) is 5.26. The summed E-state index contributed by atoms with van der Waals surface area (Å²) in [7, 11) is 0. The van der Waals surface area contributed by atoms with Crippen molar-refractivity contribution in [3.05, 3.63) is 35.6 Å². The molecule has 2 atom stereocenters. The normalized spacial score (nSPS) is 32.6. The van der Waals surface area contributed by atoms with Crippen LogP contribution in [0.2, 0.25) is 0 Å². The van der Waals surface area contributed by atoms with Crippen LogP contribution >= 0.6 is 0 Å². The van der Waals surface area contributed by atoms with Crippen molar-refractivity contribution in [2.75, 3.05) is 6.54 Å². The third kappa shape index (κ3) is 3.00. The van der Waals surface area contributed by atoms with Crippen molar-refractivity contribution in [3.8, 4) is 0 Å². The van der Waals surface area contributed by atoms with Gasteiger partial charge in [0.1, 0.15) is 5.82 Å². The smallest absolute Gasteiger partial charge is 0.123 e. The molecule has 0 bridgehead atoms. The molecule has 1 nitrogen and oxygen atoms in total. The summed E-state index contributed by atoms with van der Waals surface area (Å²) >= 11 is 0. The van der Waals surface area contributed by atoms with Crippen LogP contribution in [-0.2, 0) is 6.42 Å². The Hall–Kier alpha value is -0.890. The molecular formula is C17H24FN. The van der Waals surface area contributed by atoms with Crippen molar-refractivity contribution in [2.45, 2.75) is 45.6 Å². The number of hydrogen-bond donors (Lipinski definition) is 1. The van der Waals surface area contributed by atoms with Crippen LogP contribution in [0, 0.1) is 23.1 Å². The van der Waals surface area contributed by atoms with Crippen LogP contribution in [0.5, 0.6) is 0 Å². The summed E-state index contributed by atoms with van der Waals surface area (Å²) in [5, 5.41) is 3.63. The van der Waals surface area contributed by atoms with Crippen molar-refractivity contribution in [3.63, 3.8) is 0 Å². The SMILES string of the molecule is CC(C)NCC1(Cc2ccc(F)cc2)CC2CC2C1. The van der Waals surface area contributed by atoms with E-state index >= 15 is 0 Å². The molecule has 0 heterocycles. The molecule has 2 unspecified atom stereocenters. The molecule has 0 amide bonds. The minimum absolute atomic E-state index is 0.132. The van der Waals surface area contributed by atoms with E-state index in [-0.39, 0.29) is 5.82 Å². The van der Waals surface area contributed by atoms with Crippen molar-refractivity contribution in [1.29, 1.82) is 0 Å². The zero-order valence-corrected chi connectivity index (χ0v) is 12.0. The lowest BCUT2D eigenvalue weighted by molar-refractivity contribution is 0.241. The molecular weight excluding hydrogens is 237 g/mol. The van der Waals surface area contributed by atoms with Crippen molar-refractivity contribution >= 4 is 0 Å². The van der Waals surface area contributed by atoms with Gasteiger partial charge in [-0.3, -0.25) is 0 Å². The highest BCUT2D eigenvalue weighted by molar-refractivity contribution is 5.20. The van der Waals surface area contributed by atoms with Gasteiger partial charge in [0.15, 0.2) is 0 Å². The Labute approximate surface area is 115 Å². The lowest BCUT2D eigenvalue weighted by Crippen LogP contribution is -2.38. The van der Waals surface area contributed by atoms with E-state index in [4.69, 9.17) is 0 Å². The number of hydrogen-bond acceptors (Lipinski definition) is 1. The van der Waals surface area contributed by atoms with Crippen molar-refractivity contribution in [1.82, 2.24) is 5.32 Å². The van der Waals surface area contributed by atoms with Crippen LogP contribution in [0.1, 0.15) is 38.7 Å². The fourth-order valence-corrected chi connectivity index (χ4v) is 3.81. The molecule has 1 aromatic carbocycles. The molecule has 0 radical (unpaired) electrons. The Kier molecular flexibility index (Phi) is 3.38. The maximum Gasteiger partial charge on any atom is 0.123 e. The van der Waals surface area contributed by atoms with Crippen LogP contribution in [0.15, 0.2) is 24.3 Å². The Balaban J connectivity index is 1.70. The van der Waals surface area contributed by atoms with E-state index in [1.54, 1.807) is 12.1 Å². The molecule has 0 spiro atoms. The van der Waals surface area contributed by atoms with E-state index in [9.17, 15) is 4.39 Å². The number of fused-ring (bicyclic) bond motifs is 1. The van der Waals surface area contributed by atoms with Crippen LogP contribution < -0.4 is 5.32 Å². The predicted octanol–water partition coefficient (Wildman–Crippen LogP) is 3.78. The molecule has 2 aliphatic rings. The second kappa shape index (κ2) is 4.90. The van der Waals surface area contributed by atoms with Crippen molar-refractivity contribution in [2.24, 2.45) is 17.3 Å². The monoisotopic (exact) mass is 261 g/mol. The van der Waals surface area contributed by atoms with Gasteiger partial charge in [0.25, 0.3) is 0 Å². The molecule has 2 aliphatic carbocycles. The number of halogens is 1. The summed E-state index contributed by atoms with van der Waals surface area (Å²) in [5.74, 6) is 1.83. The minimum atomic E-state index is -0.132. The molecule has 19 heavy (non-hydrogen) atoms. The summed E-state index contributed by atoms with van der Waals surface area (Å²) < 4.78 is 13.0. The quantitative estimate of drug-likeness (QED) is 0.850. The topological polar surface area (TPSA) is 12.0 Å². The zero-order valence-electron chi connectivity index (χ0n) is 12.0. The third-order valence-electron chi connectivity index (χ3n) is 4.84. The summed E-state index contributed by atoms with van der Waals surface area (Å²) in [4.78, 5) is 0. The molecule has 0 aromatic heterocycles. The molecule has 3 rings (SSSR count). The van der Waals surface area contributed by atoms with Gasteiger partial charge in [-0.25, -0.2) is 4.39 Å². The van der Waals surface area contributed by atoms with Gasteiger partial charge in [-0.1, -0.05) is 26.0 Å². The standard InChI is InChI=1S/C17H24FN/c1-12(2)19-11-17(9-14-7-15(14)10-17)8-13-3-5-16(18)6-4-13/h3-6,12,14-15,19H,7-11H2,1-2H3. The highest BCUT2D eigenvalue weighted by Crippen LogP contribution is 2.60. The van der Waals surface area contributed by atoms with Crippen LogP contribution in [0.25, 0.3) is 0 Å². The van der Waals surface area contributed by atoms with Crippen molar-refractivity contribution < 1.29 is 4.39 Å². The Morgan fingerprint density at radius 2 is 1.84 bits per heavy atom. The molecule has 2 saturated carbocycles. The van der Waals surface area contributed by atoms with E-state index < -0.39 is 0 Å². The van der Waals surface area contributed by atoms with Gasteiger partial charge in [-0.15, -0.1) is 0 Å². The summed E-state index contributed by atoms with van der Waals surface area (Å²) in [6, 6.07) is 7.64. The Morgan fingerprint density at radius 1 is 1.21 bits per heavy atom. The molecule has 104 valence electrons. The van der Waals surface area contributed by atoms with Gasteiger partial charge < -0.3 is 5.32 Å². The first-order valence-electron chi connectivity index (χ1n) is 7.54. The number of benzene rings is 1. The summed E-state index contributed by atoms with van der Waals surface area (Å²) in [5.41, 5.74) is 1.70. The second-order valence-corrected chi connectivity index (χ2v) is 7.00. The molecule has 2 heteroatoms. The first-order chi connectivity index (χ1) is 9.06. The zero-order chi connectivity index (χ0) is 13.5.